The number of hydrogen-bond acceptors (Lipinski definition) is 4. The first kappa shape index (κ1) is 12.3. The minimum atomic E-state index is -0.663. The Labute approximate surface area is 112 Å². The van der Waals surface area contributed by atoms with Crippen LogP contribution in [0.2, 0.25) is 0 Å². The lowest BCUT2D eigenvalue weighted by molar-refractivity contribution is 0.0277. The molecule has 0 radical (unpaired) electrons. The highest BCUT2D eigenvalue weighted by Crippen LogP contribution is 2.38. The van der Waals surface area contributed by atoms with E-state index in [1.54, 1.807) is 0 Å². The van der Waals surface area contributed by atoms with Crippen LogP contribution >= 0.6 is 11.8 Å². The molecule has 1 fully saturated rings. The number of fused-ring (bicyclic) bond motifs is 1. The van der Waals surface area contributed by atoms with Gasteiger partial charge in [0, 0.05) is 6.04 Å². The molecule has 0 aromatic heterocycles. The van der Waals surface area contributed by atoms with Crippen molar-refractivity contribution in [2.24, 2.45) is 5.73 Å². The van der Waals surface area contributed by atoms with E-state index in [2.05, 4.69) is 6.07 Å². The topological polar surface area (TPSA) is 55.5 Å². The van der Waals surface area contributed by atoms with Gasteiger partial charge < -0.3 is 15.6 Å². The Morgan fingerprint density at radius 3 is 2.89 bits per heavy atom. The normalized spacial score (nSPS) is 26.2. The Balaban J connectivity index is 1.90. The molecule has 98 valence electrons. The molecule has 2 aliphatic rings. The second-order valence-corrected chi connectivity index (χ2v) is 6.47. The molecule has 3 rings (SSSR count). The second kappa shape index (κ2) is 4.76. The van der Waals surface area contributed by atoms with Gasteiger partial charge in [-0.3, -0.25) is 0 Å². The van der Waals surface area contributed by atoms with E-state index in [1.165, 1.54) is 0 Å². The van der Waals surface area contributed by atoms with Gasteiger partial charge in [0.1, 0.15) is 12.4 Å². The summed E-state index contributed by atoms with van der Waals surface area (Å²) in [4.78, 5) is 0. The first-order valence-electron chi connectivity index (χ1n) is 6.49. The molecule has 0 bridgehead atoms. The van der Waals surface area contributed by atoms with Crippen LogP contribution in [0, 0.1) is 0 Å². The Hall–Kier alpha value is -0.710. The minimum absolute atomic E-state index is 0.0949. The smallest absolute Gasteiger partial charge is 0.123 e. The quantitative estimate of drug-likeness (QED) is 0.811. The molecule has 1 aromatic carbocycles. The van der Waals surface area contributed by atoms with Crippen LogP contribution in [0.1, 0.15) is 24.0 Å². The number of hydrogen-bond donors (Lipinski definition) is 2. The van der Waals surface area contributed by atoms with Crippen LogP contribution < -0.4 is 10.5 Å². The van der Waals surface area contributed by atoms with Crippen molar-refractivity contribution in [2.45, 2.75) is 30.9 Å². The summed E-state index contributed by atoms with van der Waals surface area (Å²) in [6.07, 6.45) is 2.52. The van der Waals surface area contributed by atoms with Crippen molar-refractivity contribution < 1.29 is 9.84 Å². The average Bonchev–Trinajstić information content (AvgIpc) is 2.39. The molecular formula is C14H19NO2S. The van der Waals surface area contributed by atoms with Gasteiger partial charge >= 0.3 is 0 Å². The van der Waals surface area contributed by atoms with E-state index in [4.69, 9.17) is 10.5 Å². The summed E-state index contributed by atoms with van der Waals surface area (Å²) in [5.74, 6) is 2.96. The van der Waals surface area contributed by atoms with E-state index in [-0.39, 0.29) is 6.04 Å². The standard InChI is InChI=1S/C14H19NO2S/c15-12-7-10-1-2-11(8-13(10)17-9-12)14(16)3-5-18-6-4-14/h1-2,8,12,16H,3-7,9,15H2. The third-order valence-electron chi connectivity index (χ3n) is 3.86. The zero-order valence-electron chi connectivity index (χ0n) is 10.4. The highest BCUT2D eigenvalue weighted by Gasteiger charge is 2.32. The number of thioether (sulfide) groups is 1. The molecule has 1 aromatic rings. The summed E-state index contributed by atoms with van der Waals surface area (Å²) in [7, 11) is 0. The lowest BCUT2D eigenvalue weighted by atomic mass is 9.86. The van der Waals surface area contributed by atoms with Gasteiger partial charge in [0.2, 0.25) is 0 Å². The lowest BCUT2D eigenvalue weighted by Crippen LogP contribution is -2.34. The van der Waals surface area contributed by atoms with Gasteiger partial charge in [-0.25, -0.2) is 0 Å². The van der Waals surface area contributed by atoms with Crippen molar-refractivity contribution in [3.05, 3.63) is 29.3 Å². The largest absolute Gasteiger partial charge is 0.492 e. The molecule has 0 spiro atoms. The summed E-state index contributed by atoms with van der Waals surface area (Å²) < 4.78 is 5.67. The summed E-state index contributed by atoms with van der Waals surface area (Å²) >= 11 is 1.91. The molecule has 1 saturated heterocycles. The number of benzene rings is 1. The van der Waals surface area contributed by atoms with Gasteiger partial charge in [0.25, 0.3) is 0 Å². The Morgan fingerprint density at radius 2 is 2.11 bits per heavy atom. The maximum atomic E-state index is 10.7. The van der Waals surface area contributed by atoms with Crippen molar-refractivity contribution in [2.75, 3.05) is 18.1 Å². The van der Waals surface area contributed by atoms with Gasteiger partial charge in [-0.2, -0.15) is 11.8 Å². The van der Waals surface area contributed by atoms with Crippen LogP contribution in [-0.2, 0) is 12.0 Å². The molecule has 1 unspecified atom stereocenters. The Morgan fingerprint density at radius 1 is 1.33 bits per heavy atom. The number of aliphatic hydroxyl groups is 1. The van der Waals surface area contributed by atoms with Crippen LogP contribution in [0.25, 0.3) is 0 Å². The van der Waals surface area contributed by atoms with Crippen molar-refractivity contribution in [1.29, 1.82) is 0 Å². The molecule has 0 amide bonds. The number of nitrogens with two attached hydrogens (primary N) is 1. The Kier molecular flexibility index (Phi) is 3.26. The third-order valence-corrected chi connectivity index (χ3v) is 4.85. The van der Waals surface area contributed by atoms with E-state index in [0.717, 1.165) is 47.6 Å². The zero-order chi connectivity index (χ0) is 12.6. The van der Waals surface area contributed by atoms with Gasteiger partial charge in [-0.15, -0.1) is 0 Å². The van der Waals surface area contributed by atoms with Gasteiger partial charge in [-0.1, -0.05) is 12.1 Å². The van der Waals surface area contributed by atoms with Crippen LogP contribution in [0.4, 0.5) is 0 Å². The maximum Gasteiger partial charge on any atom is 0.123 e. The lowest BCUT2D eigenvalue weighted by Gasteiger charge is -2.33. The molecular weight excluding hydrogens is 246 g/mol. The van der Waals surface area contributed by atoms with Crippen LogP contribution in [0.5, 0.6) is 5.75 Å². The molecule has 0 aliphatic carbocycles. The number of rotatable bonds is 1. The highest BCUT2D eigenvalue weighted by atomic mass is 32.2. The van der Waals surface area contributed by atoms with E-state index in [0.29, 0.717) is 6.61 Å². The summed E-state index contributed by atoms with van der Waals surface area (Å²) in [5.41, 5.74) is 7.37. The van der Waals surface area contributed by atoms with Crippen molar-refractivity contribution in [3.63, 3.8) is 0 Å². The SMILES string of the molecule is NC1COc2cc(C3(O)CCSCC3)ccc2C1. The predicted octanol–water partition coefficient (Wildman–Crippen LogP) is 1.66. The van der Waals surface area contributed by atoms with Gasteiger partial charge in [0.05, 0.1) is 5.60 Å². The van der Waals surface area contributed by atoms with Crippen LogP contribution in [-0.4, -0.2) is 29.3 Å². The molecule has 18 heavy (non-hydrogen) atoms. The monoisotopic (exact) mass is 265 g/mol. The average molecular weight is 265 g/mol. The van der Waals surface area contributed by atoms with E-state index in [1.807, 2.05) is 23.9 Å². The summed E-state index contributed by atoms with van der Waals surface area (Å²) in [6.45, 7) is 0.574. The van der Waals surface area contributed by atoms with Gasteiger partial charge in [0.15, 0.2) is 0 Å². The van der Waals surface area contributed by atoms with Crippen molar-refractivity contribution in [1.82, 2.24) is 0 Å². The summed E-state index contributed by atoms with van der Waals surface area (Å²) in [5, 5.41) is 10.7. The minimum Gasteiger partial charge on any atom is -0.492 e. The third kappa shape index (κ3) is 2.25. The Bertz CT molecular complexity index is 443. The van der Waals surface area contributed by atoms with Gasteiger partial charge in [-0.05, 0) is 48.0 Å². The molecule has 2 heterocycles. The number of ether oxygens (including phenoxy) is 1. The fourth-order valence-electron chi connectivity index (χ4n) is 2.68. The maximum absolute atomic E-state index is 10.7. The van der Waals surface area contributed by atoms with E-state index < -0.39 is 5.60 Å². The fourth-order valence-corrected chi connectivity index (χ4v) is 3.85. The molecule has 3 N–H and O–H groups in total. The molecule has 2 aliphatic heterocycles. The molecule has 1 atom stereocenters. The van der Waals surface area contributed by atoms with Crippen molar-refractivity contribution >= 4 is 11.8 Å². The van der Waals surface area contributed by atoms with Crippen LogP contribution in [0.15, 0.2) is 18.2 Å². The summed E-state index contributed by atoms with van der Waals surface area (Å²) in [6, 6.07) is 6.20. The van der Waals surface area contributed by atoms with E-state index >= 15 is 0 Å². The molecule has 0 saturated carbocycles. The first-order chi connectivity index (χ1) is 8.67. The zero-order valence-corrected chi connectivity index (χ0v) is 11.2. The fraction of sp³-hybridized carbons (Fsp3) is 0.571. The predicted molar refractivity (Wildman–Crippen MR) is 74.1 cm³/mol. The first-order valence-corrected chi connectivity index (χ1v) is 7.65. The molecule has 4 heteroatoms. The van der Waals surface area contributed by atoms with Crippen molar-refractivity contribution in [3.8, 4) is 5.75 Å². The molecule has 3 nitrogen and oxygen atoms in total. The highest BCUT2D eigenvalue weighted by molar-refractivity contribution is 7.99. The van der Waals surface area contributed by atoms with Crippen LogP contribution in [0.3, 0.4) is 0 Å². The van der Waals surface area contributed by atoms with E-state index in [9.17, 15) is 5.11 Å². The second-order valence-electron chi connectivity index (χ2n) is 5.24.